The van der Waals surface area contributed by atoms with Crippen molar-refractivity contribution >= 4 is 23.5 Å². The molecule has 1 aromatic rings. The summed E-state index contributed by atoms with van der Waals surface area (Å²) < 4.78 is 0. The van der Waals surface area contributed by atoms with Crippen molar-refractivity contribution in [1.29, 1.82) is 0 Å². The van der Waals surface area contributed by atoms with Gasteiger partial charge in [0.25, 0.3) is 0 Å². The average Bonchev–Trinajstić information content (AvgIpc) is 2.60. The predicted octanol–water partition coefficient (Wildman–Crippen LogP) is 1.68. The number of likely N-dealkylation sites (tertiary alicyclic amines) is 1. The lowest BCUT2D eigenvalue weighted by atomic mass is 9.97. The summed E-state index contributed by atoms with van der Waals surface area (Å²) in [6, 6.07) is 7.82. The number of rotatable bonds is 4. The molecule has 2 amide bonds. The molecule has 1 aromatic carbocycles. The van der Waals surface area contributed by atoms with E-state index in [9.17, 15) is 14.4 Å². The topological polar surface area (TPSA) is 77.9 Å². The van der Waals surface area contributed by atoms with E-state index in [0.717, 1.165) is 17.7 Å². The highest BCUT2D eigenvalue weighted by Crippen LogP contribution is 2.27. The van der Waals surface area contributed by atoms with Gasteiger partial charge in [-0.3, -0.25) is 14.4 Å². The van der Waals surface area contributed by atoms with Gasteiger partial charge in [0.1, 0.15) is 0 Å². The van der Waals surface area contributed by atoms with Gasteiger partial charge in [0.15, 0.2) is 0 Å². The fraction of sp³-hybridized carbons (Fsp3) is 0.500. The monoisotopic (exact) mass is 330 g/mol. The Labute approximate surface area is 141 Å². The number of anilines is 1. The van der Waals surface area contributed by atoms with Gasteiger partial charge < -0.3 is 14.9 Å². The van der Waals surface area contributed by atoms with Gasteiger partial charge in [-0.1, -0.05) is 18.2 Å². The number of carbonyl (C=O) groups excluding carboxylic acids is 2. The van der Waals surface area contributed by atoms with Crippen LogP contribution in [0.2, 0.25) is 0 Å². The number of piperidine rings is 1. The van der Waals surface area contributed by atoms with E-state index in [1.807, 2.05) is 24.3 Å². The Hall–Kier alpha value is -2.37. The maximum atomic E-state index is 12.4. The lowest BCUT2D eigenvalue weighted by Crippen LogP contribution is -2.43. The van der Waals surface area contributed by atoms with E-state index >= 15 is 0 Å². The molecule has 24 heavy (non-hydrogen) atoms. The lowest BCUT2D eigenvalue weighted by molar-refractivity contribution is -0.145. The summed E-state index contributed by atoms with van der Waals surface area (Å²) in [5.41, 5.74) is 2.05. The predicted molar refractivity (Wildman–Crippen MR) is 88.7 cm³/mol. The van der Waals surface area contributed by atoms with Crippen molar-refractivity contribution in [2.75, 3.05) is 24.5 Å². The molecule has 0 atom stereocenters. The maximum Gasteiger partial charge on any atom is 0.306 e. The summed E-state index contributed by atoms with van der Waals surface area (Å²) in [4.78, 5) is 39.0. The Bertz CT molecular complexity index is 650. The number of aryl methyl sites for hydroxylation is 1. The molecule has 0 aliphatic carbocycles. The Morgan fingerprint density at radius 3 is 2.54 bits per heavy atom. The van der Waals surface area contributed by atoms with Crippen LogP contribution >= 0.6 is 0 Å². The van der Waals surface area contributed by atoms with Crippen LogP contribution in [0.4, 0.5) is 5.69 Å². The van der Waals surface area contributed by atoms with Crippen LogP contribution in [-0.4, -0.2) is 47.4 Å². The number of nitrogens with zero attached hydrogens (tertiary/aromatic N) is 2. The quantitative estimate of drug-likeness (QED) is 0.911. The van der Waals surface area contributed by atoms with Crippen molar-refractivity contribution in [2.24, 2.45) is 5.92 Å². The zero-order chi connectivity index (χ0) is 17.1. The number of carbonyl (C=O) groups is 3. The van der Waals surface area contributed by atoms with Gasteiger partial charge in [-0.25, -0.2) is 0 Å². The van der Waals surface area contributed by atoms with Crippen molar-refractivity contribution in [3.8, 4) is 0 Å². The fourth-order valence-corrected chi connectivity index (χ4v) is 3.48. The van der Waals surface area contributed by atoms with Gasteiger partial charge in [0.05, 0.1) is 5.92 Å². The van der Waals surface area contributed by atoms with E-state index in [1.165, 1.54) is 0 Å². The Morgan fingerprint density at radius 1 is 1.12 bits per heavy atom. The number of carboxylic acid groups (broad SMARTS) is 1. The van der Waals surface area contributed by atoms with E-state index in [-0.39, 0.29) is 24.2 Å². The van der Waals surface area contributed by atoms with Crippen LogP contribution in [0.25, 0.3) is 0 Å². The number of fused-ring (bicyclic) bond motifs is 1. The molecule has 0 radical (unpaired) electrons. The van der Waals surface area contributed by atoms with Gasteiger partial charge >= 0.3 is 5.97 Å². The third-order valence-electron chi connectivity index (χ3n) is 4.94. The molecule has 3 rings (SSSR count). The van der Waals surface area contributed by atoms with Crippen molar-refractivity contribution < 1.29 is 19.5 Å². The number of amides is 2. The number of benzene rings is 1. The van der Waals surface area contributed by atoms with Gasteiger partial charge in [0.2, 0.25) is 11.8 Å². The standard InChI is InChI=1S/C18H22N2O4/c21-16(19-10-7-14(8-11-19)18(23)24)9-12-20-15-4-2-1-3-13(15)5-6-17(20)22/h1-4,14H,5-12H2,(H,23,24). The first-order chi connectivity index (χ1) is 11.6. The second-order valence-corrected chi connectivity index (χ2v) is 6.42. The molecule has 0 unspecified atom stereocenters. The lowest BCUT2D eigenvalue weighted by Gasteiger charge is -2.32. The van der Waals surface area contributed by atoms with Crippen LogP contribution in [0.15, 0.2) is 24.3 Å². The largest absolute Gasteiger partial charge is 0.481 e. The van der Waals surface area contributed by atoms with Crippen LogP contribution in [0.1, 0.15) is 31.2 Å². The van der Waals surface area contributed by atoms with Crippen LogP contribution in [0, 0.1) is 5.92 Å². The molecule has 0 saturated carbocycles. The van der Waals surface area contributed by atoms with Crippen molar-refractivity contribution in [2.45, 2.75) is 32.1 Å². The van der Waals surface area contributed by atoms with Gasteiger partial charge in [-0.2, -0.15) is 0 Å². The highest BCUT2D eigenvalue weighted by Gasteiger charge is 2.28. The van der Waals surface area contributed by atoms with Crippen LogP contribution in [0.5, 0.6) is 0 Å². The highest BCUT2D eigenvalue weighted by molar-refractivity contribution is 5.97. The number of para-hydroxylation sites is 1. The summed E-state index contributed by atoms with van der Waals surface area (Å²) in [6.07, 6.45) is 2.52. The normalized spacial score (nSPS) is 18.4. The molecule has 128 valence electrons. The van der Waals surface area contributed by atoms with Crippen molar-refractivity contribution in [3.63, 3.8) is 0 Å². The van der Waals surface area contributed by atoms with E-state index < -0.39 is 5.97 Å². The molecular formula is C18H22N2O4. The molecule has 6 heteroatoms. The molecule has 0 spiro atoms. The summed E-state index contributed by atoms with van der Waals surface area (Å²) >= 11 is 0. The summed E-state index contributed by atoms with van der Waals surface area (Å²) in [7, 11) is 0. The molecule has 2 heterocycles. The maximum absolute atomic E-state index is 12.4. The fourth-order valence-electron chi connectivity index (χ4n) is 3.48. The average molecular weight is 330 g/mol. The Morgan fingerprint density at radius 2 is 1.83 bits per heavy atom. The first-order valence-corrected chi connectivity index (χ1v) is 8.45. The SMILES string of the molecule is O=C(O)C1CCN(C(=O)CCN2C(=O)CCc3ccccc32)CC1. The second-order valence-electron chi connectivity index (χ2n) is 6.42. The van der Waals surface area contributed by atoms with Gasteiger partial charge in [-0.05, 0) is 30.9 Å². The Balaban J connectivity index is 1.57. The molecule has 1 saturated heterocycles. The highest BCUT2D eigenvalue weighted by atomic mass is 16.4. The van der Waals surface area contributed by atoms with Crippen LogP contribution < -0.4 is 4.90 Å². The van der Waals surface area contributed by atoms with Crippen molar-refractivity contribution in [1.82, 2.24) is 4.90 Å². The molecule has 0 aromatic heterocycles. The number of aliphatic carboxylic acids is 1. The third-order valence-corrected chi connectivity index (χ3v) is 4.94. The molecule has 1 fully saturated rings. The number of hydrogen-bond donors (Lipinski definition) is 1. The van der Waals surface area contributed by atoms with E-state index in [1.54, 1.807) is 9.80 Å². The molecule has 0 bridgehead atoms. The molecule has 6 nitrogen and oxygen atoms in total. The number of carboxylic acids is 1. The summed E-state index contributed by atoms with van der Waals surface area (Å²) in [5, 5.41) is 9.01. The minimum Gasteiger partial charge on any atom is -0.481 e. The summed E-state index contributed by atoms with van der Waals surface area (Å²) in [6.45, 7) is 1.36. The molecular weight excluding hydrogens is 308 g/mol. The van der Waals surface area contributed by atoms with E-state index in [4.69, 9.17) is 5.11 Å². The number of hydrogen-bond acceptors (Lipinski definition) is 3. The van der Waals surface area contributed by atoms with Crippen LogP contribution in [0.3, 0.4) is 0 Å². The minimum atomic E-state index is -0.780. The zero-order valence-electron chi connectivity index (χ0n) is 13.6. The third kappa shape index (κ3) is 3.42. The molecule has 2 aliphatic rings. The molecule has 1 N–H and O–H groups in total. The van der Waals surface area contributed by atoms with Crippen molar-refractivity contribution in [3.05, 3.63) is 29.8 Å². The van der Waals surface area contributed by atoms with Gasteiger partial charge in [-0.15, -0.1) is 0 Å². The smallest absolute Gasteiger partial charge is 0.306 e. The first-order valence-electron chi connectivity index (χ1n) is 8.45. The Kier molecular flexibility index (Phi) is 4.83. The van der Waals surface area contributed by atoms with Crippen LogP contribution in [-0.2, 0) is 20.8 Å². The second kappa shape index (κ2) is 7.03. The first kappa shape index (κ1) is 16.5. The summed E-state index contributed by atoms with van der Waals surface area (Å²) in [5.74, 6) is -1.07. The van der Waals surface area contributed by atoms with E-state index in [2.05, 4.69) is 0 Å². The van der Waals surface area contributed by atoms with Gasteiger partial charge in [0, 0.05) is 38.2 Å². The minimum absolute atomic E-state index is 0.00491. The molecule has 2 aliphatic heterocycles. The zero-order valence-corrected chi connectivity index (χ0v) is 13.6. The van der Waals surface area contributed by atoms with E-state index in [0.29, 0.717) is 38.9 Å².